The van der Waals surface area contributed by atoms with Crippen molar-refractivity contribution < 1.29 is 14.3 Å². The number of rotatable bonds is 1. The molecule has 1 saturated heterocycles. The molecule has 0 aliphatic carbocycles. The maximum atomic E-state index is 12.5. The van der Waals surface area contributed by atoms with Crippen molar-refractivity contribution in [2.75, 3.05) is 19.8 Å². The lowest BCUT2D eigenvalue weighted by Gasteiger charge is -2.32. The van der Waals surface area contributed by atoms with Gasteiger partial charge in [-0.3, -0.25) is 4.90 Å². The molecule has 0 radical (unpaired) electrons. The number of ether oxygens (including phenoxy) is 2. The number of hydrogen-bond acceptors (Lipinski definition) is 3. The lowest BCUT2D eigenvalue weighted by Crippen LogP contribution is -2.40. The van der Waals surface area contributed by atoms with E-state index in [1.807, 2.05) is 39.0 Å². The van der Waals surface area contributed by atoms with Crippen molar-refractivity contribution in [2.24, 2.45) is 0 Å². The standard InChI is InChI=1S/C16H21BrClNO3/c1-16(2,3)22-15(20)19-7-4-8-21-10-14(19)12-6-5-11(17)9-13(12)18/h5-6,9,14H,4,7-8,10H2,1-3H3/t14-/m0/s1. The molecule has 2 rings (SSSR count). The summed E-state index contributed by atoms with van der Waals surface area (Å²) in [6.45, 7) is 7.22. The fraction of sp³-hybridized carbons (Fsp3) is 0.562. The maximum Gasteiger partial charge on any atom is 0.410 e. The zero-order valence-corrected chi connectivity index (χ0v) is 15.4. The molecule has 1 aromatic rings. The number of carbonyl (C=O) groups excluding carboxylic acids is 1. The fourth-order valence-electron chi connectivity index (χ4n) is 2.35. The van der Waals surface area contributed by atoms with Gasteiger partial charge in [-0.05, 0) is 44.9 Å². The molecule has 0 spiro atoms. The third-order valence-corrected chi connectivity index (χ3v) is 4.11. The van der Waals surface area contributed by atoms with Gasteiger partial charge < -0.3 is 9.47 Å². The van der Waals surface area contributed by atoms with Gasteiger partial charge in [0.1, 0.15) is 5.60 Å². The SMILES string of the molecule is CC(C)(C)OC(=O)N1CCCOC[C@H]1c1ccc(Br)cc1Cl. The quantitative estimate of drug-likeness (QED) is 0.691. The van der Waals surface area contributed by atoms with Crippen LogP contribution in [0.4, 0.5) is 4.79 Å². The molecular weight excluding hydrogens is 370 g/mol. The summed E-state index contributed by atoms with van der Waals surface area (Å²) in [6.07, 6.45) is 0.450. The van der Waals surface area contributed by atoms with Crippen molar-refractivity contribution in [2.45, 2.75) is 38.8 Å². The van der Waals surface area contributed by atoms with Crippen LogP contribution in [0.3, 0.4) is 0 Å². The van der Waals surface area contributed by atoms with Crippen LogP contribution in [-0.4, -0.2) is 36.4 Å². The minimum atomic E-state index is -0.529. The average Bonchev–Trinajstić information content (AvgIpc) is 2.62. The average molecular weight is 391 g/mol. The molecule has 22 heavy (non-hydrogen) atoms. The molecule has 1 heterocycles. The van der Waals surface area contributed by atoms with Crippen LogP contribution in [0.5, 0.6) is 0 Å². The molecule has 122 valence electrons. The monoisotopic (exact) mass is 389 g/mol. The summed E-state index contributed by atoms with van der Waals surface area (Å²) in [5.74, 6) is 0. The summed E-state index contributed by atoms with van der Waals surface area (Å²) in [7, 11) is 0. The van der Waals surface area contributed by atoms with E-state index in [0.29, 0.717) is 24.8 Å². The van der Waals surface area contributed by atoms with Crippen LogP contribution in [-0.2, 0) is 9.47 Å². The zero-order chi connectivity index (χ0) is 16.3. The molecule has 0 bridgehead atoms. The van der Waals surface area contributed by atoms with Gasteiger partial charge in [-0.25, -0.2) is 4.79 Å². The van der Waals surface area contributed by atoms with Crippen molar-refractivity contribution in [3.63, 3.8) is 0 Å². The second kappa shape index (κ2) is 7.20. The summed E-state index contributed by atoms with van der Waals surface area (Å²) in [4.78, 5) is 14.2. The molecule has 0 aromatic heterocycles. The third-order valence-electron chi connectivity index (χ3n) is 3.29. The van der Waals surface area contributed by atoms with Crippen LogP contribution in [0.2, 0.25) is 5.02 Å². The Kier molecular flexibility index (Phi) is 5.75. The largest absolute Gasteiger partial charge is 0.444 e. The van der Waals surface area contributed by atoms with Gasteiger partial charge in [0.2, 0.25) is 0 Å². The van der Waals surface area contributed by atoms with Crippen molar-refractivity contribution in [3.05, 3.63) is 33.3 Å². The van der Waals surface area contributed by atoms with Crippen molar-refractivity contribution in [3.8, 4) is 0 Å². The highest BCUT2D eigenvalue weighted by molar-refractivity contribution is 9.10. The van der Waals surface area contributed by atoms with E-state index in [0.717, 1.165) is 16.5 Å². The first-order valence-corrected chi connectivity index (χ1v) is 8.47. The Hall–Kier alpha value is -0.780. The van der Waals surface area contributed by atoms with Crippen molar-refractivity contribution >= 4 is 33.6 Å². The van der Waals surface area contributed by atoms with Gasteiger partial charge >= 0.3 is 6.09 Å². The normalized spacial score (nSPS) is 19.7. The summed E-state index contributed by atoms with van der Waals surface area (Å²) >= 11 is 9.75. The second-order valence-electron chi connectivity index (χ2n) is 6.28. The zero-order valence-electron chi connectivity index (χ0n) is 13.1. The van der Waals surface area contributed by atoms with Gasteiger partial charge in [-0.2, -0.15) is 0 Å². The second-order valence-corrected chi connectivity index (χ2v) is 7.61. The highest BCUT2D eigenvalue weighted by atomic mass is 79.9. The van der Waals surface area contributed by atoms with E-state index in [1.54, 1.807) is 4.90 Å². The van der Waals surface area contributed by atoms with Gasteiger partial charge in [-0.15, -0.1) is 0 Å². The minimum absolute atomic E-state index is 0.238. The number of benzene rings is 1. The first-order valence-electron chi connectivity index (χ1n) is 7.30. The first-order chi connectivity index (χ1) is 10.3. The van der Waals surface area contributed by atoms with Crippen LogP contribution in [0.1, 0.15) is 38.8 Å². The number of carbonyl (C=O) groups is 1. The summed E-state index contributed by atoms with van der Waals surface area (Å²) < 4.78 is 12.1. The predicted octanol–water partition coefficient (Wildman–Crippen LogP) is 4.80. The number of hydrogen-bond donors (Lipinski definition) is 0. The predicted molar refractivity (Wildman–Crippen MR) is 90.3 cm³/mol. The lowest BCUT2D eigenvalue weighted by molar-refractivity contribution is 0.0119. The summed E-state index contributed by atoms with van der Waals surface area (Å²) in [6, 6.07) is 5.43. The van der Waals surface area contributed by atoms with Crippen LogP contribution in [0, 0.1) is 0 Å². The Labute approximate surface area is 144 Å². The van der Waals surface area contributed by atoms with Gasteiger partial charge in [0.25, 0.3) is 0 Å². The summed E-state index contributed by atoms with van der Waals surface area (Å²) in [5.41, 5.74) is 0.343. The van der Waals surface area contributed by atoms with E-state index in [2.05, 4.69) is 15.9 Å². The highest BCUT2D eigenvalue weighted by Crippen LogP contribution is 2.32. The Morgan fingerprint density at radius 1 is 1.45 bits per heavy atom. The van der Waals surface area contributed by atoms with E-state index in [9.17, 15) is 4.79 Å². The van der Waals surface area contributed by atoms with Gasteiger partial charge in [0.15, 0.2) is 0 Å². The van der Waals surface area contributed by atoms with Gasteiger partial charge in [-0.1, -0.05) is 33.6 Å². The smallest absolute Gasteiger partial charge is 0.410 e. The molecule has 0 unspecified atom stereocenters. The summed E-state index contributed by atoms with van der Waals surface area (Å²) in [5, 5.41) is 0.610. The molecule has 1 atom stereocenters. The van der Waals surface area contributed by atoms with Gasteiger partial charge in [0.05, 0.1) is 12.6 Å². The molecule has 1 aliphatic heterocycles. The number of halogens is 2. The Morgan fingerprint density at radius 3 is 2.82 bits per heavy atom. The molecule has 0 saturated carbocycles. The van der Waals surface area contributed by atoms with Crippen LogP contribution in [0.25, 0.3) is 0 Å². The molecule has 4 nitrogen and oxygen atoms in total. The molecule has 1 amide bonds. The number of nitrogens with zero attached hydrogens (tertiary/aromatic N) is 1. The molecular formula is C16H21BrClNO3. The molecule has 1 aromatic carbocycles. The first kappa shape index (κ1) is 17.6. The number of amides is 1. The maximum absolute atomic E-state index is 12.5. The van der Waals surface area contributed by atoms with Crippen molar-refractivity contribution in [1.82, 2.24) is 4.90 Å². The van der Waals surface area contributed by atoms with Crippen molar-refractivity contribution in [1.29, 1.82) is 0 Å². The Morgan fingerprint density at radius 2 is 2.18 bits per heavy atom. The van der Waals surface area contributed by atoms with Crippen LogP contribution >= 0.6 is 27.5 Å². The third kappa shape index (κ3) is 4.61. The molecule has 6 heteroatoms. The van der Waals surface area contributed by atoms with Crippen LogP contribution in [0.15, 0.2) is 22.7 Å². The fourth-order valence-corrected chi connectivity index (χ4v) is 3.15. The van der Waals surface area contributed by atoms with Gasteiger partial charge in [0, 0.05) is 22.6 Å². The van der Waals surface area contributed by atoms with E-state index in [1.165, 1.54) is 0 Å². The molecule has 1 aliphatic rings. The van der Waals surface area contributed by atoms with Crippen LogP contribution < -0.4 is 0 Å². The van der Waals surface area contributed by atoms with E-state index in [-0.39, 0.29) is 12.1 Å². The van der Waals surface area contributed by atoms with E-state index < -0.39 is 5.60 Å². The molecule has 1 fully saturated rings. The minimum Gasteiger partial charge on any atom is -0.444 e. The van der Waals surface area contributed by atoms with E-state index in [4.69, 9.17) is 21.1 Å². The Bertz CT molecular complexity index is 545. The lowest BCUT2D eigenvalue weighted by atomic mass is 10.1. The molecule has 0 N–H and O–H groups in total. The topological polar surface area (TPSA) is 38.8 Å². The highest BCUT2D eigenvalue weighted by Gasteiger charge is 2.32. The van der Waals surface area contributed by atoms with E-state index >= 15 is 0 Å². The Balaban J connectivity index is 2.29.